The number of rotatable bonds is 5. The number of nitrogens with two attached hydrogens (primary N) is 1. The Bertz CT molecular complexity index is 1010. The molecule has 2 amide bonds. The van der Waals surface area contributed by atoms with E-state index < -0.39 is 29.6 Å². The molecule has 1 aromatic heterocycles. The summed E-state index contributed by atoms with van der Waals surface area (Å²) in [5.74, 6) is -3.60. The monoisotopic (exact) mass is 432 g/mol. The third-order valence-electron chi connectivity index (χ3n) is 5.35. The Labute approximate surface area is 177 Å². The summed E-state index contributed by atoms with van der Waals surface area (Å²) in [4.78, 5) is 36.7. The molecular weight excluding hydrogens is 412 g/mol. The number of halogens is 1. The molecule has 29 heavy (non-hydrogen) atoms. The number of nitrogens with one attached hydrogen (secondary N) is 1. The second kappa shape index (κ2) is 8.39. The number of benzene rings is 1. The first-order valence-electron chi connectivity index (χ1n) is 9.05. The fourth-order valence-corrected chi connectivity index (χ4v) is 4.67. The SMILES string of the molecule is CC1=C(C)C[C@@H](C(=O)Nc2scc(-c3ccc(Cl)cc3)c2C(N)=O)[C@@H](C(=O)O)C1. The molecule has 4 N–H and O–H groups in total. The number of hydrogen-bond donors (Lipinski definition) is 3. The summed E-state index contributed by atoms with van der Waals surface area (Å²) in [6, 6.07) is 6.94. The van der Waals surface area contributed by atoms with Gasteiger partial charge in [0.25, 0.3) is 5.91 Å². The summed E-state index contributed by atoms with van der Waals surface area (Å²) >= 11 is 7.11. The van der Waals surface area contributed by atoms with Gasteiger partial charge in [0, 0.05) is 16.0 Å². The third kappa shape index (κ3) is 4.36. The van der Waals surface area contributed by atoms with Gasteiger partial charge in [-0.1, -0.05) is 34.9 Å². The lowest BCUT2D eigenvalue weighted by Gasteiger charge is -2.29. The summed E-state index contributed by atoms with van der Waals surface area (Å²) in [5.41, 5.74) is 9.15. The molecule has 0 saturated heterocycles. The van der Waals surface area contributed by atoms with Crippen molar-refractivity contribution in [2.24, 2.45) is 17.6 Å². The van der Waals surface area contributed by atoms with E-state index in [9.17, 15) is 19.5 Å². The van der Waals surface area contributed by atoms with Gasteiger partial charge in [0.05, 0.1) is 17.4 Å². The standard InChI is InChI=1S/C21H21ClN2O4S/c1-10-7-14(15(21(27)28)8-11(10)2)19(26)24-20-17(18(23)25)16(9-29-20)12-3-5-13(22)6-4-12/h3-6,9,14-15H,7-8H2,1-2H3,(H2,23,25)(H,24,26)(H,27,28)/t14-,15+/m1/s1. The second-order valence-corrected chi connectivity index (χ2v) is 8.55. The fraction of sp³-hybridized carbons (Fsp3) is 0.286. The van der Waals surface area contributed by atoms with Crippen LogP contribution in [0.15, 0.2) is 40.8 Å². The Hall–Kier alpha value is -2.64. The van der Waals surface area contributed by atoms with Crippen LogP contribution in [0.4, 0.5) is 5.00 Å². The molecule has 0 saturated carbocycles. The van der Waals surface area contributed by atoms with E-state index in [1.54, 1.807) is 29.6 Å². The summed E-state index contributed by atoms with van der Waals surface area (Å²) in [7, 11) is 0. The van der Waals surface area contributed by atoms with Gasteiger partial charge in [-0.05, 0) is 44.4 Å². The van der Waals surface area contributed by atoms with E-state index in [0.717, 1.165) is 16.7 Å². The highest BCUT2D eigenvalue weighted by molar-refractivity contribution is 7.15. The zero-order valence-corrected chi connectivity index (χ0v) is 17.6. The van der Waals surface area contributed by atoms with Crippen LogP contribution in [0.5, 0.6) is 0 Å². The first-order chi connectivity index (χ1) is 13.7. The minimum atomic E-state index is -1.000. The molecule has 8 heteroatoms. The van der Waals surface area contributed by atoms with Gasteiger partial charge in [0.1, 0.15) is 5.00 Å². The van der Waals surface area contributed by atoms with Gasteiger partial charge in [-0.25, -0.2) is 0 Å². The van der Waals surface area contributed by atoms with E-state index in [1.807, 2.05) is 13.8 Å². The van der Waals surface area contributed by atoms with Gasteiger partial charge in [0.15, 0.2) is 0 Å². The van der Waals surface area contributed by atoms with E-state index in [4.69, 9.17) is 17.3 Å². The van der Waals surface area contributed by atoms with E-state index in [2.05, 4.69) is 5.32 Å². The predicted octanol–water partition coefficient (Wildman–Crippen LogP) is 4.55. The van der Waals surface area contributed by atoms with Crippen LogP contribution in [0.3, 0.4) is 0 Å². The number of aliphatic carboxylic acids is 1. The Balaban J connectivity index is 1.92. The van der Waals surface area contributed by atoms with Gasteiger partial charge < -0.3 is 16.2 Å². The van der Waals surface area contributed by atoms with Crippen molar-refractivity contribution in [2.75, 3.05) is 5.32 Å². The van der Waals surface area contributed by atoms with Crippen LogP contribution in [0.2, 0.25) is 5.02 Å². The van der Waals surface area contributed by atoms with Crippen LogP contribution in [-0.4, -0.2) is 22.9 Å². The summed E-state index contributed by atoms with van der Waals surface area (Å²) in [5, 5.41) is 14.9. The van der Waals surface area contributed by atoms with Crippen LogP contribution >= 0.6 is 22.9 Å². The van der Waals surface area contributed by atoms with Gasteiger partial charge in [-0.15, -0.1) is 11.3 Å². The zero-order chi connectivity index (χ0) is 21.3. The van der Waals surface area contributed by atoms with Gasteiger partial charge in [-0.2, -0.15) is 0 Å². The molecule has 0 aliphatic heterocycles. The number of primary amides is 1. The molecule has 0 bridgehead atoms. The van der Waals surface area contributed by atoms with Gasteiger partial charge in [-0.3, -0.25) is 14.4 Å². The number of carboxylic acids is 1. The van der Waals surface area contributed by atoms with Crippen molar-refractivity contribution in [1.82, 2.24) is 0 Å². The van der Waals surface area contributed by atoms with Crippen molar-refractivity contribution in [2.45, 2.75) is 26.7 Å². The summed E-state index contributed by atoms with van der Waals surface area (Å²) in [6.07, 6.45) is 0.707. The first kappa shape index (κ1) is 21.1. The van der Waals surface area contributed by atoms with Crippen molar-refractivity contribution in [3.05, 3.63) is 51.4 Å². The number of thiophene rings is 1. The van der Waals surface area contributed by atoms with E-state index in [1.165, 1.54) is 11.3 Å². The highest BCUT2D eigenvalue weighted by atomic mass is 35.5. The summed E-state index contributed by atoms with van der Waals surface area (Å²) < 4.78 is 0. The molecule has 1 aliphatic rings. The van der Waals surface area contributed by atoms with E-state index >= 15 is 0 Å². The second-order valence-electron chi connectivity index (χ2n) is 7.23. The van der Waals surface area contributed by atoms with E-state index in [0.29, 0.717) is 28.4 Å². The quantitative estimate of drug-likeness (QED) is 0.602. The molecule has 3 rings (SSSR count). The number of carbonyl (C=O) groups is 3. The maximum atomic E-state index is 12.9. The van der Waals surface area contributed by atoms with Crippen LogP contribution in [0, 0.1) is 11.8 Å². The average molecular weight is 433 g/mol. The maximum absolute atomic E-state index is 12.9. The minimum Gasteiger partial charge on any atom is -0.481 e. The molecule has 152 valence electrons. The van der Waals surface area contributed by atoms with Crippen molar-refractivity contribution < 1.29 is 19.5 Å². The normalized spacial score (nSPS) is 19.1. The van der Waals surface area contributed by atoms with Crippen LogP contribution in [0.25, 0.3) is 11.1 Å². The average Bonchev–Trinajstić information content (AvgIpc) is 3.07. The van der Waals surface area contributed by atoms with Crippen molar-refractivity contribution in [1.29, 1.82) is 0 Å². The number of carboxylic acid groups (broad SMARTS) is 1. The number of carbonyl (C=O) groups excluding carboxylic acids is 2. The van der Waals surface area contributed by atoms with Crippen molar-refractivity contribution in [3.63, 3.8) is 0 Å². The molecule has 0 unspecified atom stereocenters. The van der Waals surface area contributed by atoms with Gasteiger partial charge >= 0.3 is 5.97 Å². The molecule has 1 aromatic carbocycles. The molecule has 0 spiro atoms. The van der Waals surface area contributed by atoms with E-state index in [-0.39, 0.29) is 5.56 Å². The molecule has 1 aliphatic carbocycles. The lowest BCUT2D eigenvalue weighted by atomic mass is 9.76. The van der Waals surface area contributed by atoms with Crippen LogP contribution in [0.1, 0.15) is 37.0 Å². The largest absolute Gasteiger partial charge is 0.481 e. The number of amides is 2. The number of anilines is 1. The smallest absolute Gasteiger partial charge is 0.307 e. The lowest BCUT2D eigenvalue weighted by molar-refractivity contribution is -0.146. The Morgan fingerprint density at radius 2 is 1.69 bits per heavy atom. The fourth-order valence-electron chi connectivity index (χ4n) is 3.57. The Morgan fingerprint density at radius 1 is 1.10 bits per heavy atom. The minimum absolute atomic E-state index is 0.205. The van der Waals surface area contributed by atoms with Gasteiger partial charge in [0.2, 0.25) is 5.91 Å². The first-order valence-corrected chi connectivity index (χ1v) is 10.3. The topological polar surface area (TPSA) is 109 Å². The third-order valence-corrected chi connectivity index (χ3v) is 6.50. The molecule has 0 radical (unpaired) electrons. The molecular formula is C21H21ClN2O4S. The Morgan fingerprint density at radius 3 is 2.24 bits per heavy atom. The highest BCUT2D eigenvalue weighted by Gasteiger charge is 2.37. The van der Waals surface area contributed by atoms with Crippen molar-refractivity contribution in [3.8, 4) is 11.1 Å². The number of allylic oxidation sites excluding steroid dienone is 2. The summed E-state index contributed by atoms with van der Waals surface area (Å²) in [6.45, 7) is 3.80. The van der Waals surface area contributed by atoms with Crippen LogP contribution in [-0.2, 0) is 9.59 Å². The molecule has 2 atom stereocenters. The lowest BCUT2D eigenvalue weighted by Crippen LogP contribution is -2.36. The number of hydrogen-bond acceptors (Lipinski definition) is 4. The molecule has 1 heterocycles. The predicted molar refractivity (Wildman–Crippen MR) is 114 cm³/mol. The Kier molecular flexibility index (Phi) is 6.10. The highest BCUT2D eigenvalue weighted by Crippen LogP contribution is 2.38. The zero-order valence-electron chi connectivity index (χ0n) is 16.0. The maximum Gasteiger partial charge on any atom is 0.307 e. The van der Waals surface area contributed by atoms with Crippen molar-refractivity contribution >= 4 is 45.7 Å². The molecule has 2 aromatic rings. The molecule has 0 fully saturated rings. The van der Waals surface area contributed by atoms with Crippen LogP contribution < -0.4 is 11.1 Å². The molecule has 6 nitrogen and oxygen atoms in total.